The van der Waals surface area contributed by atoms with Crippen LogP contribution in [0.25, 0.3) is 0 Å². The Labute approximate surface area is 61.4 Å². The molecule has 54 valence electrons. The molecule has 2 aliphatic rings. The van der Waals surface area contributed by atoms with E-state index in [1.165, 1.54) is 32.1 Å². The third kappa shape index (κ3) is 0.701. The molecule has 2 heteroatoms. The molecule has 0 aliphatic carbocycles. The zero-order valence-electron chi connectivity index (χ0n) is 6.08. The average molecular weight is 136 g/mol. The van der Waals surface area contributed by atoms with E-state index in [1.54, 1.807) is 0 Å². The van der Waals surface area contributed by atoms with Crippen LogP contribution in [0.4, 0.5) is 0 Å². The summed E-state index contributed by atoms with van der Waals surface area (Å²) in [7, 11) is 0. The van der Waals surface area contributed by atoms with Gasteiger partial charge >= 0.3 is 0 Å². The van der Waals surface area contributed by atoms with Crippen molar-refractivity contribution in [1.29, 1.82) is 5.26 Å². The highest BCUT2D eigenvalue weighted by Crippen LogP contribution is 2.34. The standard InChI is InChI=1S/C8H12N2/c9-6-10-7-2-1-3-8(10)5-4-7/h7-8H,1-5H2. The largest absolute Gasteiger partial charge is 0.305 e. The minimum Gasteiger partial charge on any atom is -0.305 e. The Hall–Kier alpha value is -0.710. The molecule has 2 unspecified atom stereocenters. The Morgan fingerprint density at radius 3 is 2.10 bits per heavy atom. The number of piperidine rings is 1. The summed E-state index contributed by atoms with van der Waals surface area (Å²) >= 11 is 0. The lowest BCUT2D eigenvalue weighted by Gasteiger charge is -2.29. The van der Waals surface area contributed by atoms with Crippen LogP contribution in [-0.2, 0) is 0 Å². The van der Waals surface area contributed by atoms with Gasteiger partial charge in [-0.25, -0.2) is 0 Å². The fourth-order valence-corrected chi connectivity index (χ4v) is 2.28. The first-order valence-corrected chi connectivity index (χ1v) is 4.10. The van der Waals surface area contributed by atoms with Crippen molar-refractivity contribution in [3.05, 3.63) is 0 Å². The Bertz CT molecular complexity index is 155. The molecule has 2 heterocycles. The number of nitriles is 1. The van der Waals surface area contributed by atoms with Crippen LogP contribution in [-0.4, -0.2) is 17.0 Å². The maximum absolute atomic E-state index is 8.75. The molecule has 0 saturated carbocycles. The van der Waals surface area contributed by atoms with Gasteiger partial charge in [0.15, 0.2) is 6.19 Å². The van der Waals surface area contributed by atoms with E-state index in [-0.39, 0.29) is 0 Å². The lowest BCUT2D eigenvalue weighted by molar-refractivity contribution is 0.218. The van der Waals surface area contributed by atoms with Gasteiger partial charge in [-0.05, 0) is 32.1 Å². The molecule has 0 N–H and O–H groups in total. The Balaban J connectivity index is 2.15. The molecule has 2 aliphatic heterocycles. The summed E-state index contributed by atoms with van der Waals surface area (Å²) in [5, 5.41) is 8.75. The maximum atomic E-state index is 8.75. The Kier molecular flexibility index (Phi) is 1.30. The molecule has 2 nitrogen and oxygen atoms in total. The van der Waals surface area contributed by atoms with Crippen molar-refractivity contribution in [2.75, 3.05) is 0 Å². The van der Waals surface area contributed by atoms with E-state index in [4.69, 9.17) is 5.26 Å². The van der Waals surface area contributed by atoms with E-state index < -0.39 is 0 Å². The van der Waals surface area contributed by atoms with E-state index in [1.807, 2.05) is 4.90 Å². The molecule has 0 spiro atoms. The van der Waals surface area contributed by atoms with Crippen LogP contribution in [0.5, 0.6) is 0 Å². The number of hydrogen-bond donors (Lipinski definition) is 0. The minimum absolute atomic E-state index is 0.615. The fraction of sp³-hybridized carbons (Fsp3) is 0.875. The van der Waals surface area contributed by atoms with Gasteiger partial charge in [-0.2, -0.15) is 5.26 Å². The van der Waals surface area contributed by atoms with Crippen molar-refractivity contribution >= 4 is 0 Å². The van der Waals surface area contributed by atoms with Crippen molar-refractivity contribution in [1.82, 2.24) is 4.90 Å². The molecule has 2 atom stereocenters. The van der Waals surface area contributed by atoms with Gasteiger partial charge in [-0.15, -0.1) is 0 Å². The van der Waals surface area contributed by atoms with Crippen molar-refractivity contribution in [3.63, 3.8) is 0 Å². The van der Waals surface area contributed by atoms with Crippen molar-refractivity contribution in [3.8, 4) is 6.19 Å². The number of rotatable bonds is 0. The van der Waals surface area contributed by atoms with Gasteiger partial charge in [0.1, 0.15) is 0 Å². The third-order valence-corrected chi connectivity index (χ3v) is 2.81. The molecule has 0 aromatic carbocycles. The summed E-state index contributed by atoms with van der Waals surface area (Å²) in [6.07, 6.45) is 8.67. The third-order valence-electron chi connectivity index (χ3n) is 2.81. The second kappa shape index (κ2) is 2.16. The molecular weight excluding hydrogens is 124 g/mol. The van der Waals surface area contributed by atoms with Crippen LogP contribution in [0.3, 0.4) is 0 Å². The van der Waals surface area contributed by atoms with Gasteiger partial charge in [0.25, 0.3) is 0 Å². The summed E-state index contributed by atoms with van der Waals surface area (Å²) in [6.45, 7) is 0. The monoisotopic (exact) mass is 136 g/mol. The molecule has 0 aromatic rings. The zero-order chi connectivity index (χ0) is 6.97. The number of nitrogens with zero attached hydrogens (tertiary/aromatic N) is 2. The Morgan fingerprint density at radius 1 is 1.10 bits per heavy atom. The predicted octanol–water partition coefficient (Wildman–Crippen LogP) is 1.48. The minimum atomic E-state index is 0.615. The fourth-order valence-electron chi connectivity index (χ4n) is 2.28. The lowest BCUT2D eigenvalue weighted by Crippen LogP contribution is -2.35. The lowest BCUT2D eigenvalue weighted by atomic mass is 10.0. The summed E-state index contributed by atoms with van der Waals surface area (Å²) in [6, 6.07) is 1.23. The summed E-state index contributed by atoms with van der Waals surface area (Å²) < 4.78 is 0. The van der Waals surface area contributed by atoms with Crippen molar-refractivity contribution < 1.29 is 0 Å². The molecule has 2 bridgehead atoms. The second-order valence-electron chi connectivity index (χ2n) is 3.32. The molecule has 0 aromatic heterocycles. The molecular formula is C8H12N2. The van der Waals surface area contributed by atoms with Gasteiger partial charge < -0.3 is 4.90 Å². The van der Waals surface area contributed by atoms with Crippen LogP contribution in [0.1, 0.15) is 32.1 Å². The van der Waals surface area contributed by atoms with Crippen LogP contribution in [0.2, 0.25) is 0 Å². The van der Waals surface area contributed by atoms with E-state index >= 15 is 0 Å². The smallest absolute Gasteiger partial charge is 0.179 e. The Morgan fingerprint density at radius 2 is 1.70 bits per heavy atom. The normalized spacial score (nSPS) is 37.7. The molecule has 0 amide bonds. The van der Waals surface area contributed by atoms with Gasteiger partial charge in [-0.3, -0.25) is 0 Å². The van der Waals surface area contributed by atoms with Crippen LogP contribution in [0.15, 0.2) is 0 Å². The van der Waals surface area contributed by atoms with Crippen LogP contribution in [0, 0.1) is 11.5 Å². The van der Waals surface area contributed by atoms with E-state index in [0.717, 1.165) is 0 Å². The maximum Gasteiger partial charge on any atom is 0.179 e. The molecule has 0 radical (unpaired) electrons. The van der Waals surface area contributed by atoms with Gasteiger partial charge in [0, 0.05) is 12.1 Å². The van der Waals surface area contributed by atoms with Crippen molar-refractivity contribution in [2.24, 2.45) is 0 Å². The topological polar surface area (TPSA) is 27.0 Å². The highest BCUT2D eigenvalue weighted by molar-refractivity contribution is 4.97. The second-order valence-corrected chi connectivity index (χ2v) is 3.32. The summed E-state index contributed by atoms with van der Waals surface area (Å²) in [5.74, 6) is 0. The van der Waals surface area contributed by atoms with Gasteiger partial charge in [0.05, 0.1) is 0 Å². The highest BCUT2D eigenvalue weighted by Gasteiger charge is 2.35. The molecule has 2 fully saturated rings. The van der Waals surface area contributed by atoms with Gasteiger partial charge in [-0.1, -0.05) is 0 Å². The number of hydrogen-bond acceptors (Lipinski definition) is 2. The highest BCUT2D eigenvalue weighted by atomic mass is 15.2. The van der Waals surface area contributed by atoms with E-state index in [0.29, 0.717) is 12.1 Å². The molecule has 2 rings (SSSR count). The van der Waals surface area contributed by atoms with E-state index in [2.05, 4.69) is 6.19 Å². The summed E-state index contributed by atoms with van der Waals surface area (Å²) in [5.41, 5.74) is 0. The summed E-state index contributed by atoms with van der Waals surface area (Å²) in [4.78, 5) is 2.02. The van der Waals surface area contributed by atoms with E-state index in [9.17, 15) is 0 Å². The van der Waals surface area contributed by atoms with Crippen LogP contribution < -0.4 is 0 Å². The molecule has 2 saturated heterocycles. The van der Waals surface area contributed by atoms with Crippen LogP contribution >= 0.6 is 0 Å². The first kappa shape index (κ1) is 6.03. The zero-order valence-corrected chi connectivity index (χ0v) is 6.08. The SMILES string of the molecule is N#CN1C2CCCC1CC2. The van der Waals surface area contributed by atoms with Crippen molar-refractivity contribution in [2.45, 2.75) is 44.2 Å². The van der Waals surface area contributed by atoms with Gasteiger partial charge in [0.2, 0.25) is 0 Å². The average Bonchev–Trinajstić information content (AvgIpc) is 2.19. The molecule has 10 heavy (non-hydrogen) atoms. The first-order chi connectivity index (χ1) is 4.92. The number of fused-ring (bicyclic) bond motifs is 2. The first-order valence-electron chi connectivity index (χ1n) is 4.10. The quantitative estimate of drug-likeness (QED) is 0.472. The predicted molar refractivity (Wildman–Crippen MR) is 38.1 cm³/mol.